The number of hydrogen-bond acceptors (Lipinski definition) is 4. The van der Waals surface area contributed by atoms with Gasteiger partial charge >= 0.3 is 0 Å². The molecule has 1 aromatic rings. The van der Waals surface area contributed by atoms with E-state index < -0.39 is 0 Å². The topological polar surface area (TPSA) is 61.7 Å². The molecule has 1 aliphatic carbocycles. The van der Waals surface area contributed by atoms with E-state index in [9.17, 15) is 10.2 Å². The van der Waals surface area contributed by atoms with Crippen LogP contribution in [0.25, 0.3) is 0 Å². The molecule has 3 N–H and O–H groups in total. The van der Waals surface area contributed by atoms with Gasteiger partial charge in [0.2, 0.25) is 0 Å². The molecule has 1 saturated carbocycles. The number of nitrogens with one attached hydrogen (secondary N) is 1. The van der Waals surface area contributed by atoms with Gasteiger partial charge in [-0.1, -0.05) is 6.07 Å². The Morgan fingerprint density at radius 3 is 2.82 bits per heavy atom. The van der Waals surface area contributed by atoms with Crippen molar-refractivity contribution in [1.29, 1.82) is 0 Å². The van der Waals surface area contributed by atoms with Crippen LogP contribution < -0.4 is 10.1 Å². The number of aliphatic hydroxyl groups excluding tert-OH is 1. The molecule has 0 spiro atoms. The Kier molecular flexibility index (Phi) is 3.86. The SMILES string of the molecule is CCOc1cc(CNC2CC(O)C2)ccc1O. The van der Waals surface area contributed by atoms with E-state index in [4.69, 9.17) is 4.74 Å². The Morgan fingerprint density at radius 1 is 1.41 bits per heavy atom. The maximum absolute atomic E-state index is 9.56. The number of aromatic hydroxyl groups is 1. The van der Waals surface area contributed by atoms with Gasteiger partial charge in [-0.2, -0.15) is 0 Å². The summed E-state index contributed by atoms with van der Waals surface area (Å²) in [5.74, 6) is 0.704. The Morgan fingerprint density at radius 2 is 2.18 bits per heavy atom. The van der Waals surface area contributed by atoms with Crippen LogP contribution in [-0.4, -0.2) is 29.0 Å². The highest BCUT2D eigenvalue weighted by molar-refractivity contribution is 5.41. The molecule has 1 aliphatic rings. The fourth-order valence-electron chi connectivity index (χ4n) is 1.96. The van der Waals surface area contributed by atoms with E-state index in [0.29, 0.717) is 18.4 Å². The van der Waals surface area contributed by atoms with Crippen LogP contribution in [0.3, 0.4) is 0 Å². The maximum atomic E-state index is 9.56. The van der Waals surface area contributed by atoms with E-state index in [1.807, 2.05) is 19.1 Å². The normalized spacial score (nSPS) is 23.2. The highest BCUT2D eigenvalue weighted by atomic mass is 16.5. The van der Waals surface area contributed by atoms with Crippen molar-refractivity contribution in [2.75, 3.05) is 6.61 Å². The molecule has 0 amide bonds. The zero-order valence-corrected chi connectivity index (χ0v) is 10.0. The van der Waals surface area contributed by atoms with Gasteiger partial charge in [-0.05, 0) is 37.5 Å². The molecular weight excluding hydrogens is 218 g/mol. The summed E-state index contributed by atoms with van der Waals surface area (Å²) in [6.07, 6.45) is 1.53. The Bertz CT molecular complexity index is 375. The lowest BCUT2D eigenvalue weighted by molar-refractivity contribution is 0.0619. The minimum atomic E-state index is -0.133. The second-order valence-electron chi connectivity index (χ2n) is 4.44. The quantitative estimate of drug-likeness (QED) is 0.724. The number of aliphatic hydroxyl groups is 1. The van der Waals surface area contributed by atoms with Crippen molar-refractivity contribution in [3.05, 3.63) is 23.8 Å². The fraction of sp³-hybridized carbons (Fsp3) is 0.538. The van der Waals surface area contributed by atoms with E-state index in [0.717, 1.165) is 24.9 Å². The van der Waals surface area contributed by atoms with E-state index >= 15 is 0 Å². The van der Waals surface area contributed by atoms with Gasteiger partial charge in [0.1, 0.15) is 0 Å². The molecule has 0 bridgehead atoms. The third-order valence-electron chi connectivity index (χ3n) is 3.03. The Hall–Kier alpha value is -1.26. The first-order valence-electron chi connectivity index (χ1n) is 6.05. The summed E-state index contributed by atoms with van der Waals surface area (Å²) in [6.45, 7) is 3.16. The van der Waals surface area contributed by atoms with Gasteiger partial charge in [0.25, 0.3) is 0 Å². The summed E-state index contributed by atoms with van der Waals surface area (Å²) in [6, 6.07) is 5.78. The predicted molar refractivity (Wildman–Crippen MR) is 65.1 cm³/mol. The zero-order valence-electron chi connectivity index (χ0n) is 10.0. The molecule has 2 rings (SSSR count). The lowest BCUT2D eigenvalue weighted by Crippen LogP contribution is -2.43. The average molecular weight is 237 g/mol. The van der Waals surface area contributed by atoms with Crippen LogP contribution in [0.1, 0.15) is 25.3 Å². The summed E-state index contributed by atoms with van der Waals surface area (Å²) >= 11 is 0. The first-order chi connectivity index (χ1) is 8.19. The zero-order chi connectivity index (χ0) is 12.3. The van der Waals surface area contributed by atoms with Crippen LogP contribution >= 0.6 is 0 Å². The summed E-state index contributed by atoms with van der Waals surface area (Å²) in [5.41, 5.74) is 1.08. The van der Waals surface area contributed by atoms with E-state index in [1.165, 1.54) is 0 Å². The lowest BCUT2D eigenvalue weighted by atomic mass is 9.89. The highest BCUT2D eigenvalue weighted by Crippen LogP contribution is 2.27. The monoisotopic (exact) mass is 237 g/mol. The molecule has 0 unspecified atom stereocenters. The van der Waals surface area contributed by atoms with Crippen molar-refractivity contribution >= 4 is 0 Å². The van der Waals surface area contributed by atoms with E-state index in [-0.39, 0.29) is 11.9 Å². The molecule has 4 heteroatoms. The van der Waals surface area contributed by atoms with Crippen molar-refractivity contribution in [1.82, 2.24) is 5.32 Å². The molecule has 1 fully saturated rings. The summed E-state index contributed by atoms with van der Waals surface area (Å²) in [4.78, 5) is 0. The van der Waals surface area contributed by atoms with Crippen molar-refractivity contribution in [3.8, 4) is 11.5 Å². The van der Waals surface area contributed by atoms with Crippen LogP contribution in [0, 0.1) is 0 Å². The minimum absolute atomic E-state index is 0.133. The second kappa shape index (κ2) is 5.38. The number of phenolic OH excluding ortho intramolecular Hbond substituents is 1. The van der Waals surface area contributed by atoms with Gasteiger partial charge in [0.15, 0.2) is 11.5 Å². The standard InChI is InChI=1S/C13H19NO3/c1-2-17-13-5-9(3-4-12(13)16)8-14-10-6-11(15)7-10/h3-5,10-11,14-16H,2,6-8H2,1H3. The smallest absolute Gasteiger partial charge is 0.161 e. The third-order valence-corrected chi connectivity index (χ3v) is 3.03. The van der Waals surface area contributed by atoms with Gasteiger partial charge in [0, 0.05) is 12.6 Å². The second-order valence-corrected chi connectivity index (χ2v) is 4.44. The van der Waals surface area contributed by atoms with Crippen LogP contribution in [-0.2, 0) is 6.54 Å². The molecule has 1 aromatic carbocycles. The molecule has 0 aromatic heterocycles. The summed E-state index contributed by atoms with van der Waals surface area (Å²) in [7, 11) is 0. The van der Waals surface area contributed by atoms with Crippen LogP contribution in [0.4, 0.5) is 0 Å². The number of benzene rings is 1. The lowest BCUT2D eigenvalue weighted by Gasteiger charge is -2.32. The summed E-state index contributed by atoms with van der Waals surface area (Å²) < 4.78 is 5.32. The van der Waals surface area contributed by atoms with Gasteiger partial charge in [-0.15, -0.1) is 0 Å². The molecule has 0 aliphatic heterocycles. The largest absolute Gasteiger partial charge is 0.504 e. The molecule has 0 saturated heterocycles. The van der Waals surface area contributed by atoms with Gasteiger partial charge < -0.3 is 20.3 Å². The van der Waals surface area contributed by atoms with Crippen LogP contribution in [0.15, 0.2) is 18.2 Å². The number of phenols is 1. The van der Waals surface area contributed by atoms with Crippen molar-refractivity contribution < 1.29 is 14.9 Å². The third kappa shape index (κ3) is 3.11. The molecule has 4 nitrogen and oxygen atoms in total. The predicted octanol–water partition coefficient (Wildman–Crippen LogP) is 1.40. The first kappa shape index (κ1) is 12.2. The number of hydrogen-bond donors (Lipinski definition) is 3. The Labute approximate surface area is 101 Å². The molecule has 0 radical (unpaired) electrons. The van der Waals surface area contributed by atoms with Crippen molar-refractivity contribution in [2.24, 2.45) is 0 Å². The number of ether oxygens (including phenoxy) is 1. The molecule has 0 atom stereocenters. The molecule has 94 valence electrons. The Balaban J connectivity index is 1.89. The van der Waals surface area contributed by atoms with E-state index in [1.54, 1.807) is 6.07 Å². The molecular formula is C13H19NO3. The number of rotatable bonds is 5. The van der Waals surface area contributed by atoms with E-state index in [2.05, 4.69) is 5.32 Å². The van der Waals surface area contributed by atoms with Gasteiger partial charge in [-0.25, -0.2) is 0 Å². The van der Waals surface area contributed by atoms with Crippen LogP contribution in [0.2, 0.25) is 0 Å². The molecule has 0 heterocycles. The first-order valence-corrected chi connectivity index (χ1v) is 6.05. The highest BCUT2D eigenvalue weighted by Gasteiger charge is 2.26. The van der Waals surface area contributed by atoms with Crippen molar-refractivity contribution in [3.63, 3.8) is 0 Å². The molecule has 17 heavy (non-hydrogen) atoms. The van der Waals surface area contributed by atoms with Gasteiger partial charge in [-0.3, -0.25) is 0 Å². The maximum Gasteiger partial charge on any atom is 0.161 e. The van der Waals surface area contributed by atoms with Gasteiger partial charge in [0.05, 0.1) is 12.7 Å². The summed E-state index contributed by atoms with van der Waals surface area (Å²) in [5, 5.41) is 22.1. The average Bonchev–Trinajstić information content (AvgIpc) is 2.27. The van der Waals surface area contributed by atoms with Crippen LogP contribution in [0.5, 0.6) is 11.5 Å². The fourth-order valence-corrected chi connectivity index (χ4v) is 1.96. The van der Waals surface area contributed by atoms with Crippen molar-refractivity contribution in [2.45, 2.75) is 38.5 Å². The minimum Gasteiger partial charge on any atom is -0.504 e.